The molecule has 0 spiro atoms. The van der Waals surface area contributed by atoms with E-state index in [1.54, 1.807) is 23.1 Å². The molecule has 0 aliphatic heterocycles. The van der Waals surface area contributed by atoms with Crippen LogP contribution in [0, 0.1) is 0 Å². The summed E-state index contributed by atoms with van der Waals surface area (Å²) in [5.74, 6) is 0.608. The van der Waals surface area contributed by atoms with E-state index in [1.165, 1.54) is 7.11 Å². The molecule has 0 fully saturated rings. The molecule has 2 rings (SSSR count). The summed E-state index contributed by atoms with van der Waals surface area (Å²) in [4.78, 5) is 16.7. The van der Waals surface area contributed by atoms with Crippen molar-refractivity contribution in [2.24, 2.45) is 0 Å². The zero-order chi connectivity index (χ0) is 14.4. The van der Waals surface area contributed by atoms with Crippen molar-refractivity contribution in [3.63, 3.8) is 0 Å². The van der Waals surface area contributed by atoms with Crippen molar-refractivity contribution < 1.29 is 9.53 Å². The van der Waals surface area contributed by atoms with Crippen LogP contribution < -0.4 is 0 Å². The van der Waals surface area contributed by atoms with Gasteiger partial charge >= 0.3 is 5.97 Å². The smallest absolute Gasteiger partial charge is 0.305 e. The number of hydrogen-bond acceptors (Lipinski definition) is 5. The molecule has 6 heteroatoms. The van der Waals surface area contributed by atoms with Crippen molar-refractivity contribution >= 4 is 40.7 Å². The Morgan fingerprint density at radius 3 is 3.10 bits per heavy atom. The van der Waals surface area contributed by atoms with Gasteiger partial charge < -0.3 is 4.74 Å². The Labute approximate surface area is 131 Å². The Balaban J connectivity index is 1.85. The zero-order valence-electron chi connectivity index (χ0n) is 11.0. The first-order valence-electron chi connectivity index (χ1n) is 6.06. The molecule has 0 unspecified atom stereocenters. The maximum absolute atomic E-state index is 11.1. The van der Waals surface area contributed by atoms with E-state index in [-0.39, 0.29) is 5.97 Å². The molecule has 0 atom stereocenters. The molecule has 3 nitrogen and oxygen atoms in total. The van der Waals surface area contributed by atoms with Crippen molar-refractivity contribution in [1.82, 2.24) is 4.98 Å². The normalized spacial score (nSPS) is 10.5. The van der Waals surface area contributed by atoms with E-state index in [0.717, 1.165) is 26.4 Å². The van der Waals surface area contributed by atoms with Crippen LogP contribution in [-0.4, -0.2) is 18.1 Å². The van der Waals surface area contributed by atoms with Gasteiger partial charge in [-0.25, -0.2) is 4.98 Å². The molecule has 0 amide bonds. The third kappa shape index (κ3) is 4.81. The molecule has 0 aliphatic carbocycles. The van der Waals surface area contributed by atoms with E-state index in [1.807, 2.05) is 29.6 Å². The Morgan fingerprint density at radius 1 is 1.50 bits per heavy atom. The van der Waals surface area contributed by atoms with Gasteiger partial charge in [0.2, 0.25) is 0 Å². The molecule has 2 aromatic rings. The summed E-state index contributed by atoms with van der Waals surface area (Å²) in [6, 6.07) is 7.77. The number of nitrogens with zero attached hydrogens (tertiary/aromatic N) is 1. The minimum Gasteiger partial charge on any atom is -0.469 e. The summed E-state index contributed by atoms with van der Waals surface area (Å²) in [6.45, 7) is 0. The van der Waals surface area contributed by atoms with E-state index in [0.29, 0.717) is 12.8 Å². The second-order valence-electron chi connectivity index (χ2n) is 4.05. The van der Waals surface area contributed by atoms with Gasteiger partial charge in [-0.2, -0.15) is 0 Å². The number of methoxy groups -OCH3 is 1. The minimum absolute atomic E-state index is 0.201. The van der Waals surface area contributed by atoms with Gasteiger partial charge in [-0.15, -0.1) is 23.1 Å². The van der Waals surface area contributed by atoms with Crippen LogP contribution in [0.1, 0.15) is 17.1 Å². The lowest BCUT2D eigenvalue weighted by molar-refractivity contribution is -0.140. The average molecular weight is 328 g/mol. The number of esters is 1. The molecule has 1 aromatic carbocycles. The summed E-state index contributed by atoms with van der Waals surface area (Å²) in [5.41, 5.74) is 0.946. The number of benzene rings is 1. The Kier molecular flexibility index (Phi) is 5.88. The topological polar surface area (TPSA) is 39.2 Å². The quantitative estimate of drug-likeness (QED) is 0.589. The van der Waals surface area contributed by atoms with Crippen LogP contribution in [0.3, 0.4) is 0 Å². The SMILES string of the molecule is COC(=O)CCc1csc(CSc2cccc(Cl)c2)n1. The summed E-state index contributed by atoms with van der Waals surface area (Å²) < 4.78 is 4.62. The second-order valence-corrected chi connectivity index (χ2v) is 6.48. The highest BCUT2D eigenvalue weighted by molar-refractivity contribution is 7.98. The third-order valence-electron chi connectivity index (χ3n) is 2.57. The average Bonchev–Trinajstić information content (AvgIpc) is 2.90. The van der Waals surface area contributed by atoms with Crippen molar-refractivity contribution in [3.05, 3.63) is 45.4 Å². The van der Waals surface area contributed by atoms with Crippen molar-refractivity contribution in [2.75, 3.05) is 7.11 Å². The fraction of sp³-hybridized carbons (Fsp3) is 0.286. The maximum Gasteiger partial charge on any atom is 0.305 e. The molecule has 0 bridgehead atoms. The molecule has 0 saturated carbocycles. The molecule has 106 valence electrons. The van der Waals surface area contributed by atoms with Crippen LogP contribution in [0.5, 0.6) is 0 Å². The molecule has 20 heavy (non-hydrogen) atoms. The number of hydrogen-bond donors (Lipinski definition) is 0. The first-order chi connectivity index (χ1) is 9.67. The summed E-state index contributed by atoms with van der Waals surface area (Å²) in [7, 11) is 1.40. The predicted molar refractivity (Wildman–Crippen MR) is 83.5 cm³/mol. The van der Waals surface area contributed by atoms with E-state index in [9.17, 15) is 4.79 Å². The van der Waals surface area contributed by atoms with Crippen LogP contribution in [0.25, 0.3) is 0 Å². The van der Waals surface area contributed by atoms with Gasteiger partial charge in [0.15, 0.2) is 0 Å². The minimum atomic E-state index is -0.201. The summed E-state index contributed by atoms with van der Waals surface area (Å²) in [6.07, 6.45) is 1.01. The molecule has 1 heterocycles. The lowest BCUT2D eigenvalue weighted by Crippen LogP contribution is -2.02. The van der Waals surface area contributed by atoms with Gasteiger partial charge in [0.05, 0.1) is 25.0 Å². The number of carbonyl (C=O) groups excluding carboxylic acids is 1. The standard InChI is InChI=1S/C14H14ClNO2S2/c1-18-14(17)6-5-11-8-20-13(16-11)9-19-12-4-2-3-10(15)7-12/h2-4,7-8H,5-6,9H2,1H3. The maximum atomic E-state index is 11.1. The van der Waals surface area contributed by atoms with Crippen LogP contribution in [0.15, 0.2) is 34.5 Å². The van der Waals surface area contributed by atoms with Gasteiger partial charge in [0.25, 0.3) is 0 Å². The van der Waals surface area contributed by atoms with Crippen molar-refractivity contribution in [3.8, 4) is 0 Å². The number of thioether (sulfide) groups is 1. The predicted octanol–water partition coefficient (Wildman–Crippen LogP) is 4.19. The van der Waals surface area contributed by atoms with Gasteiger partial charge in [-0.1, -0.05) is 17.7 Å². The number of thiazole rings is 1. The fourth-order valence-corrected chi connectivity index (χ4v) is 3.62. The fourth-order valence-electron chi connectivity index (χ4n) is 1.56. The largest absolute Gasteiger partial charge is 0.469 e. The van der Waals surface area contributed by atoms with E-state index in [2.05, 4.69) is 9.72 Å². The molecular formula is C14H14ClNO2S2. The number of rotatable bonds is 6. The van der Waals surface area contributed by atoms with E-state index < -0.39 is 0 Å². The Bertz CT molecular complexity index is 586. The van der Waals surface area contributed by atoms with Crippen LogP contribution >= 0.6 is 34.7 Å². The lowest BCUT2D eigenvalue weighted by atomic mass is 10.2. The van der Waals surface area contributed by atoms with Gasteiger partial charge in [0.1, 0.15) is 5.01 Å². The highest BCUT2D eigenvalue weighted by Gasteiger charge is 2.06. The molecule has 0 radical (unpaired) electrons. The van der Waals surface area contributed by atoms with Gasteiger partial charge in [0, 0.05) is 21.7 Å². The van der Waals surface area contributed by atoms with Crippen LogP contribution in [-0.2, 0) is 21.7 Å². The molecule has 1 aromatic heterocycles. The van der Waals surface area contributed by atoms with Gasteiger partial charge in [-0.3, -0.25) is 4.79 Å². The Morgan fingerprint density at radius 2 is 2.35 bits per heavy atom. The van der Waals surface area contributed by atoms with Crippen molar-refractivity contribution in [1.29, 1.82) is 0 Å². The zero-order valence-corrected chi connectivity index (χ0v) is 13.4. The number of aryl methyl sites for hydroxylation is 1. The van der Waals surface area contributed by atoms with E-state index >= 15 is 0 Å². The van der Waals surface area contributed by atoms with Crippen molar-refractivity contribution in [2.45, 2.75) is 23.5 Å². The van der Waals surface area contributed by atoms with E-state index in [4.69, 9.17) is 11.6 Å². The first kappa shape index (κ1) is 15.4. The summed E-state index contributed by atoms with van der Waals surface area (Å²) in [5, 5.41) is 3.79. The number of ether oxygens (including phenoxy) is 1. The second kappa shape index (κ2) is 7.67. The van der Waals surface area contributed by atoms with Gasteiger partial charge in [-0.05, 0) is 18.2 Å². The number of carbonyl (C=O) groups is 1. The molecule has 0 aliphatic rings. The lowest BCUT2D eigenvalue weighted by Gasteiger charge is -1.99. The first-order valence-corrected chi connectivity index (χ1v) is 8.30. The highest BCUT2D eigenvalue weighted by atomic mass is 35.5. The summed E-state index contributed by atoms with van der Waals surface area (Å²) >= 11 is 9.26. The number of aromatic nitrogens is 1. The highest BCUT2D eigenvalue weighted by Crippen LogP contribution is 2.26. The molecule has 0 N–H and O–H groups in total. The monoisotopic (exact) mass is 327 g/mol. The van der Waals surface area contributed by atoms with Crippen LogP contribution in [0.4, 0.5) is 0 Å². The number of halogens is 1. The van der Waals surface area contributed by atoms with Crippen LogP contribution in [0.2, 0.25) is 5.02 Å². The molecule has 0 saturated heterocycles. The Hall–Kier alpha value is -1.04. The molecular weight excluding hydrogens is 314 g/mol. The third-order valence-corrected chi connectivity index (χ3v) is 4.89.